The minimum Gasteiger partial charge on any atom is -0.466 e. The molecular formula is C16H17BrN2O4. The highest BCUT2D eigenvalue weighted by atomic mass is 79.9. The van der Waals surface area contributed by atoms with E-state index in [2.05, 4.69) is 20.9 Å². The Hall–Kier alpha value is -1.89. The lowest BCUT2D eigenvalue weighted by Gasteiger charge is -2.27. The van der Waals surface area contributed by atoms with Crippen LogP contribution in [-0.2, 0) is 16.0 Å². The number of nitrogens with zero attached hydrogens (tertiary/aromatic N) is 1. The maximum atomic E-state index is 12.4. The van der Waals surface area contributed by atoms with Crippen LogP contribution in [0.3, 0.4) is 0 Å². The lowest BCUT2D eigenvalue weighted by atomic mass is 9.95. The Morgan fingerprint density at radius 2 is 2.22 bits per heavy atom. The van der Waals surface area contributed by atoms with Crippen LogP contribution in [0.5, 0.6) is 0 Å². The average Bonchev–Trinajstić information content (AvgIpc) is 2.50. The molecule has 0 amide bonds. The maximum Gasteiger partial charge on any atom is 0.316 e. The molecule has 2 aromatic rings. The van der Waals surface area contributed by atoms with Crippen LogP contribution >= 0.6 is 15.9 Å². The van der Waals surface area contributed by atoms with Crippen LogP contribution < -0.4 is 11.1 Å². The van der Waals surface area contributed by atoms with Gasteiger partial charge in [-0.15, -0.1) is 0 Å². The van der Waals surface area contributed by atoms with Gasteiger partial charge in [-0.25, -0.2) is 0 Å². The van der Waals surface area contributed by atoms with Gasteiger partial charge in [-0.05, 0) is 43.9 Å². The third-order valence-electron chi connectivity index (χ3n) is 4.15. The fourth-order valence-corrected chi connectivity index (χ4v) is 3.71. The normalized spacial score (nSPS) is 16.5. The van der Waals surface area contributed by atoms with Gasteiger partial charge in [-0.2, -0.15) is 0 Å². The van der Waals surface area contributed by atoms with Crippen LogP contribution in [0.2, 0.25) is 0 Å². The highest BCUT2D eigenvalue weighted by Gasteiger charge is 2.25. The molecule has 1 aliphatic heterocycles. The molecule has 0 saturated heterocycles. The molecule has 0 fully saturated rings. The number of esters is 1. The molecule has 1 unspecified atom stereocenters. The summed E-state index contributed by atoms with van der Waals surface area (Å²) in [6, 6.07) is 3.60. The molecule has 1 atom stereocenters. The second kappa shape index (κ2) is 6.31. The number of aryl methyl sites for hydroxylation is 1. The summed E-state index contributed by atoms with van der Waals surface area (Å²) in [4.78, 5) is 38.5. The zero-order valence-electron chi connectivity index (χ0n) is 12.7. The van der Waals surface area contributed by atoms with Crippen molar-refractivity contribution < 1.29 is 9.53 Å². The molecule has 2 heterocycles. The van der Waals surface area contributed by atoms with Gasteiger partial charge in [0.05, 0.1) is 17.6 Å². The van der Waals surface area contributed by atoms with Gasteiger partial charge >= 0.3 is 17.1 Å². The summed E-state index contributed by atoms with van der Waals surface area (Å²) in [7, 11) is 0. The first-order chi connectivity index (χ1) is 11.0. The summed E-state index contributed by atoms with van der Waals surface area (Å²) in [5.41, 5.74) is 1.23. The SMILES string of the molecule is CCOC(=O)CCC1CCc2cc(Br)cc3[nH]c(=O)c(=O)n1c23. The summed E-state index contributed by atoms with van der Waals surface area (Å²) in [5, 5.41) is 0. The molecule has 0 saturated carbocycles. The second-order valence-electron chi connectivity index (χ2n) is 5.63. The number of ether oxygens (including phenoxy) is 1. The van der Waals surface area contributed by atoms with Gasteiger partial charge in [0.15, 0.2) is 0 Å². The van der Waals surface area contributed by atoms with Crippen LogP contribution in [0.25, 0.3) is 11.0 Å². The number of aromatic amines is 1. The Morgan fingerprint density at radius 1 is 1.43 bits per heavy atom. The van der Waals surface area contributed by atoms with Crippen molar-refractivity contribution in [2.45, 2.75) is 38.6 Å². The van der Waals surface area contributed by atoms with Crippen LogP contribution in [0.15, 0.2) is 26.2 Å². The topological polar surface area (TPSA) is 81.2 Å². The van der Waals surface area contributed by atoms with E-state index in [-0.39, 0.29) is 18.4 Å². The quantitative estimate of drug-likeness (QED) is 0.651. The minimum atomic E-state index is -0.635. The number of carbonyl (C=O) groups is 1. The third kappa shape index (κ3) is 2.97. The number of hydrogen-bond acceptors (Lipinski definition) is 4. The first-order valence-corrected chi connectivity index (χ1v) is 8.43. The fraction of sp³-hybridized carbons (Fsp3) is 0.438. The number of aromatic nitrogens is 2. The summed E-state index contributed by atoms with van der Waals surface area (Å²) in [5.74, 6) is -0.275. The van der Waals surface area contributed by atoms with Crippen molar-refractivity contribution in [3.63, 3.8) is 0 Å². The maximum absolute atomic E-state index is 12.4. The molecule has 23 heavy (non-hydrogen) atoms. The van der Waals surface area contributed by atoms with Gasteiger partial charge in [-0.3, -0.25) is 19.0 Å². The van der Waals surface area contributed by atoms with E-state index in [1.165, 1.54) is 0 Å². The Bertz CT molecular complexity index is 884. The third-order valence-corrected chi connectivity index (χ3v) is 4.61. The summed E-state index contributed by atoms with van der Waals surface area (Å²) in [6.45, 7) is 2.10. The molecule has 0 spiro atoms. The molecule has 1 aromatic heterocycles. The van der Waals surface area contributed by atoms with Crippen molar-refractivity contribution in [1.82, 2.24) is 9.55 Å². The number of carbonyl (C=O) groups excluding carboxylic acids is 1. The Balaban J connectivity index is 2.07. The van der Waals surface area contributed by atoms with Crippen molar-refractivity contribution in [1.29, 1.82) is 0 Å². The number of halogens is 1. The number of benzene rings is 1. The molecule has 3 rings (SSSR count). The molecule has 6 nitrogen and oxygen atoms in total. The van der Waals surface area contributed by atoms with E-state index in [0.717, 1.165) is 28.4 Å². The average molecular weight is 381 g/mol. The standard InChI is InChI=1S/C16H17BrN2O4/c1-2-23-13(20)6-5-11-4-3-9-7-10(17)8-12-14(9)19(11)16(22)15(21)18-12/h7-8,11H,2-6H2,1H3,(H,18,21). The van der Waals surface area contributed by atoms with E-state index in [1.54, 1.807) is 17.6 Å². The predicted octanol–water partition coefficient (Wildman–Crippen LogP) is 2.28. The molecule has 0 radical (unpaired) electrons. The largest absolute Gasteiger partial charge is 0.466 e. The van der Waals surface area contributed by atoms with Gasteiger partial charge in [0.2, 0.25) is 0 Å². The lowest BCUT2D eigenvalue weighted by Crippen LogP contribution is -2.40. The monoisotopic (exact) mass is 380 g/mol. The number of rotatable bonds is 4. The summed E-state index contributed by atoms with van der Waals surface area (Å²) < 4.78 is 7.37. The predicted molar refractivity (Wildman–Crippen MR) is 89.8 cm³/mol. The zero-order chi connectivity index (χ0) is 16.6. The first-order valence-electron chi connectivity index (χ1n) is 7.63. The number of hydrogen-bond donors (Lipinski definition) is 1. The van der Waals surface area contributed by atoms with Crippen LogP contribution in [0.4, 0.5) is 0 Å². The van der Waals surface area contributed by atoms with Crippen molar-refractivity contribution in [3.05, 3.63) is 42.9 Å². The molecule has 0 aliphatic carbocycles. The van der Waals surface area contributed by atoms with Gasteiger partial charge in [0.1, 0.15) is 0 Å². The molecule has 0 bridgehead atoms. The van der Waals surface area contributed by atoms with Gasteiger partial charge in [-0.1, -0.05) is 15.9 Å². The van der Waals surface area contributed by atoms with Gasteiger partial charge in [0, 0.05) is 16.9 Å². The zero-order valence-corrected chi connectivity index (χ0v) is 14.3. The lowest BCUT2D eigenvalue weighted by molar-refractivity contribution is -0.143. The molecule has 122 valence electrons. The fourth-order valence-electron chi connectivity index (χ4n) is 3.20. The van der Waals surface area contributed by atoms with E-state index in [4.69, 9.17) is 4.74 Å². The minimum absolute atomic E-state index is 0.162. The van der Waals surface area contributed by atoms with Gasteiger partial charge in [0.25, 0.3) is 0 Å². The Labute approximate surface area is 140 Å². The van der Waals surface area contributed by atoms with Gasteiger partial charge < -0.3 is 9.72 Å². The summed E-state index contributed by atoms with van der Waals surface area (Å²) in [6.07, 6.45) is 2.26. The molecule has 7 heteroatoms. The van der Waals surface area contributed by atoms with E-state index < -0.39 is 11.1 Å². The summed E-state index contributed by atoms with van der Waals surface area (Å²) >= 11 is 3.43. The molecular weight excluding hydrogens is 364 g/mol. The smallest absolute Gasteiger partial charge is 0.316 e. The molecule has 1 aliphatic rings. The van der Waals surface area contributed by atoms with Crippen molar-refractivity contribution in [3.8, 4) is 0 Å². The number of H-pyrrole nitrogens is 1. The van der Waals surface area contributed by atoms with E-state index >= 15 is 0 Å². The highest BCUT2D eigenvalue weighted by Crippen LogP contribution is 2.32. The van der Waals surface area contributed by atoms with E-state index in [9.17, 15) is 14.4 Å². The van der Waals surface area contributed by atoms with E-state index in [1.807, 2.05) is 6.07 Å². The Morgan fingerprint density at radius 3 is 2.96 bits per heavy atom. The van der Waals surface area contributed by atoms with E-state index in [0.29, 0.717) is 18.5 Å². The van der Waals surface area contributed by atoms with Crippen LogP contribution in [0, 0.1) is 0 Å². The first kappa shape index (κ1) is 16.0. The van der Waals surface area contributed by atoms with Crippen LogP contribution in [0.1, 0.15) is 37.8 Å². The van der Waals surface area contributed by atoms with Crippen molar-refractivity contribution >= 4 is 32.9 Å². The van der Waals surface area contributed by atoms with Crippen LogP contribution in [-0.4, -0.2) is 22.1 Å². The Kier molecular flexibility index (Phi) is 4.39. The van der Waals surface area contributed by atoms with Crippen molar-refractivity contribution in [2.24, 2.45) is 0 Å². The highest BCUT2D eigenvalue weighted by molar-refractivity contribution is 9.10. The second-order valence-corrected chi connectivity index (χ2v) is 6.54. The van der Waals surface area contributed by atoms with Crippen molar-refractivity contribution in [2.75, 3.05) is 6.61 Å². The molecule has 1 aromatic carbocycles. The molecule has 1 N–H and O–H groups in total. The number of nitrogens with one attached hydrogen (secondary N) is 1.